The maximum Gasteiger partial charge on any atom is 0.332 e. The molecule has 0 fully saturated rings. The van der Waals surface area contributed by atoms with E-state index in [2.05, 4.69) is 6.92 Å². The van der Waals surface area contributed by atoms with E-state index in [-0.39, 0.29) is 22.7 Å². The van der Waals surface area contributed by atoms with Crippen LogP contribution < -0.4 is 22.5 Å². The maximum atomic E-state index is 14.0. The van der Waals surface area contributed by atoms with Crippen molar-refractivity contribution in [3.63, 3.8) is 0 Å². The van der Waals surface area contributed by atoms with Gasteiger partial charge in [-0.25, -0.2) is 9.78 Å². The molecule has 204 valence electrons. The third-order valence-corrected chi connectivity index (χ3v) is 9.42. The summed E-state index contributed by atoms with van der Waals surface area (Å²) >= 11 is 2.64. The van der Waals surface area contributed by atoms with Gasteiger partial charge in [-0.3, -0.25) is 28.1 Å². The van der Waals surface area contributed by atoms with Crippen molar-refractivity contribution in [2.24, 2.45) is 14.1 Å². The number of rotatable bonds is 8. The van der Waals surface area contributed by atoms with Crippen molar-refractivity contribution in [1.29, 1.82) is 0 Å². The molecule has 0 unspecified atom stereocenters. The summed E-state index contributed by atoms with van der Waals surface area (Å²) in [5.41, 5.74) is 7.24. The van der Waals surface area contributed by atoms with E-state index >= 15 is 0 Å². The topological polar surface area (TPSA) is 122 Å². The van der Waals surface area contributed by atoms with Crippen LogP contribution >= 0.6 is 23.1 Å². The maximum absolute atomic E-state index is 14.0. The minimum Gasteiger partial charge on any atom is -0.384 e. The lowest BCUT2D eigenvalue weighted by Gasteiger charge is -2.14. The van der Waals surface area contributed by atoms with E-state index in [1.165, 1.54) is 24.5 Å². The van der Waals surface area contributed by atoms with Gasteiger partial charge >= 0.3 is 5.69 Å². The molecular formula is C28H31N5O4S2. The summed E-state index contributed by atoms with van der Waals surface area (Å²) in [5.74, 6) is -0.881. The van der Waals surface area contributed by atoms with Gasteiger partial charge < -0.3 is 5.73 Å². The number of nitrogen functional groups attached to an aromatic ring is 1. The first-order valence-electron chi connectivity index (χ1n) is 13.1. The highest BCUT2D eigenvalue weighted by molar-refractivity contribution is 7.99. The zero-order chi connectivity index (χ0) is 27.8. The van der Waals surface area contributed by atoms with Crippen LogP contribution in [0.25, 0.3) is 15.9 Å². The Bertz CT molecular complexity index is 1760. The predicted molar refractivity (Wildman–Crippen MR) is 157 cm³/mol. The number of nitrogens with two attached hydrogens (primary N) is 1. The van der Waals surface area contributed by atoms with E-state index in [0.29, 0.717) is 21.1 Å². The molecule has 0 saturated heterocycles. The van der Waals surface area contributed by atoms with Crippen LogP contribution in [0.15, 0.2) is 43.8 Å². The molecule has 11 heteroatoms. The molecule has 5 rings (SSSR count). The lowest BCUT2D eigenvalue weighted by Crippen LogP contribution is -2.41. The highest BCUT2D eigenvalue weighted by Crippen LogP contribution is 2.35. The van der Waals surface area contributed by atoms with Crippen LogP contribution in [-0.2, 0) is 33.4 Å². The van der Waals surface area contributed by atoms with Gasteiger partial charge in [-0.2, -0.15) is 0 Å². The second kappa shape index (κ2) is 11.0. The quantitative estimate of drug-likeness (QED) is 0.197. The number of thiophene rings is 1. The van der Waals surface area contributed by atoms with Gasteiger partial charge in [-0.15, -0.1) is 11.3 Å². The SMILES string of the molecule is CCCCc1ccc(-n2c(SCC(=O)c3c(N)n(C)c(=O)n(C)c3=O)nc3sc4c(c3c2=O)CCCC4)cc1. The number of Topliss-reactive ketones (excluding diaryl/α,β-unsaturated/α-hetero) is 1. The zero-order valence-electron chi connectivity index (χ0n) is 22.3. The number of hydrogen-bond donors (Lipinski definition) is 1. The standard InChI is InChI=1S/C28H31N5O4S2/c1-4-5-8-16-11-13-17(14-12-16)33-26(36)21-18-9-6-7-10-20(18)39-24(21)30-27(33)38-15-19(34)22-23(29)31(2)28(37)32(3)25(22)35/h11-14H,4-10,15,29H2,1-3H3. The van der Waals surface area contributed by atoms with Gasteiger partial charge in [-0.1, -0.05) is 37.2 Å². The fourth-order valence-corrected chi connectivity index (χ4v) is 7.22. The fourth-order valence-electron chi connectivity index (χ4n) is 5.03. The molecular weight excluding hydrogens is 534 g/mol. The number of carbonyl (C=O) groups is 1. The summed E-state index contributed by atoms with van der Waals surface area (Å²) in [7, 11) is 2.72. The molecule has 4 aromatic rings. The Labute approximate surface area is 233 Å². The van der Waals surface area contributed by atoms with Gasteiger partial charge in [0.15, 0.2) is 10.9 Å². The number of unbranched alkanes of at least 4 members (excludes halogenated alkanes) is 1. The van der Waals surface area contributed by atoms with Gasteiger partial charge in [-0.05, 0) is 61.8 Å². The van der Waals surface area contributed by atoms with Crippen molar-refractivity contribution in [3.8, 4) is 5.69 Å². The van der Waals surface area contributed by atoms with Gasteiger partial charge in [0.25, 0.3) is 11.1 Å². The van der Waals surface area contributed by atoms with E-state index in [1.54, 1.807) is 15.9 Å². The van der Waals surface area contributed by atoms with Crippen molar-refractivity contribution < 1.29 is 4.79 Å². The molecule has 0 aliphatic heterocycles. The monoisotopic (exact) mass is 565 g/mol. The Morgan fingerprint density at radius 1 is 1.05 bits per heavy atom. The number of fused-ring (bicyclic) bond motifs is 3. The lowest BCUT2D eigenvalue weighted by molar-refractivity contribution is 0.102. The highest BCUT2D eigenvalue weighted by atomic mass is 32.2. The highest BCUT2D eigenvalue weighted by Gasteiger charge is 2.25. The number of hydrogen-bond acceptors (Lipinski definition) is 8. The first kappa shape index (κ1) is 27.1. The summed E-state index contributed by atoms with van der Waals surface area (Å²) in [4.78, 5) is 58.9. The summed E-state index contributed by atoms with van der Waals surface area (Å²) in [6.45, 7) is 2.15. The number of aromatic nitrogens is 4. The number of thioether (sulfide) groups is 1. The summed E-state index contributed by atoms with van der Waals surface area (Å²) in [6.07, 6.45) is 7.10. The summed E-state index contributed by atoms with van der Waals surface area (Å²) in [6, 6.07) is 7.90. The largest absolute Gasteiger partial charge is 0.384 e. The zero-order valence-corrected chi connectivity index (χ0v) is 23.9. The van der Waals surface area contributed by atoms with E-state index < -0.39 is 17.0 Å². The molecule has 1 aromatic carbocycles. The second-order valence-corrected chi connectivity index (χ2v) is 11.9. The predicted octanol–water partition coefficient (Wildman–Crippen LogP) is 3.62. The van der Waals surface area contributed by atoms with Gasteiger partial charge in [0.05, 0.1) is 16.8 Å². The molecule has 39 heavy (non-hydrogen) atoms. The minimum absolute atomic E-state index is 0.145. The summed E-state index contributed by atoms with van der Waals surface area (Å²) < 4.78 is 3.52. The van der Waals surface area contributed by atoms with Crippen LogP contribution in [0.1, 0.15) is 59.0 Å². The van der Waals surface area contributed by atoms with Crippen molar-refractivity contribution in [1.82, 2.24) is 18.7 Å². The molecule has 9 nitrogen and oxygen atoms in total. The fraction of sp³-hybridized carbons (Fsp3) is 0.393. The molecule has 0 amide bonds. The molecule has 1 aliphatic rings. The van der Waals surface area contributed by atoms with Crippen LogP contribution in [-0.4, -0.2) is 30.2 Å². The molecule has 0 atom stereocenters. The number of aryl methyl sites for hydroxylation is 3. The summed E-state index contributed by atoms with van der Waals surface area (Å²) in [5, 5.41) is 1.04. The van der Waals surface area contributed by atoms with E-state index in [0.717, 1.165) is 71.4 Å². The molecule has 0 spiro atoms. The van der Waals surface area contributed by atoms with Crippen LogP contribution in [0.5, 0.6) is 0 Å². The molecule has 0 saturated carbocycles. The second-order valence-electron chi connectivity index (χ2n) is 9.87. The number of ketones is 1. The van der Waals surface area contributed by atoms with E-state index in [1.807, 2.05) is 24.3 Å². The van der Waals surface area contributed by atoms with Crippen LogP contribution in [0.2, 0.25) is 0 Å². The minimum atomic E-state index is -0.740. The Balaban J connectivity index is 1.59. The van der Waals surface area contributed by atoms with Crippen LogP contribution in [0.4, 0.5) is 5.82 Å². The average Bonchev–Trinajstić information content (AvgIpc) is 3.32. The molecule has 0 bridgehead atoms. The van der Waals surface area contributed by atoms with Gasteiger partial charge in [0, 0.05) is 19.0 Å². The Hall–Kier alpha value is -3.44. The Morgan fingerprint density at radius 2 is 1.77 bits per heavy atom. The first-order chi connectivity index (χ1) is 18.7. The van der Waals surface area contributed by atoms with Gasteiger partial charge in [0.2, 0.25) is 0 Å². The molecule has 3 aromatic heterocycles. The molecule has 1 aliphatic carbocycles. The molecule has 3 heterocycles. The average molecular weight is 566 g/mol. The number of anilines is 1. The molecule has 2 N–H and O–H groups in total. The Kier molecular flexibility index (Phi) is 7.64. The smallest absolute Gasteiger partial charge is 0.332 e. The number of nitrogens with zero attached hydrogens (tertiary/aromatic N) is 4. The molecule has 0 radical (unpaired) electrons. The van der Waals surface area contributed by atoms with Crippen LogP contribution in [0, 0.1) is 0 Å². The number of benzene rings is 1. The Morgan fingerprint density at radius 3 is 2.49 bits per heavy atom. The third kappa shape index (κ3) is 4.89. The van der Waals surface area contributed by atoms with Gasteiger partial charge in [0.1, 0.15) is 16.2 Å². The van der Waals surface area contributed by atoms with Crippen molar-refractivity contribution in [2.45, 2.75) is 57.0 Å². The lowest BCUT2D eigenvalue weighted by atomic mass is 9.97. The first-order valence-corrected chi connectivity index (χ1v) is 14.9. The van der Waals surface area contributed by atoms with Crippen molar-refractivity contribution in [2.75, 3.05) is 11.5 Å². The normalized spacial score (nSPS) is 13.1. The van der Waals surface area contributed by atoms with E-state index in [4.69, 9.17) is 10.7 Å². The van der Waals surface area contributed by atoms with Crippen LogP contribution in [0.3, 0.4) is 0 Å². The van der Waals surface area contributed by atoms with Crippen molar-refractivity contribution in [3.05, 3.63) is 77.0 Å². The number of carbonyl (C=O) groups excluding carboxylic acids is 1. The van der Waals surface area contributed by atoms with Crippen molar-refractivity contribution >= 4 is 44.9 Å². The van der Waals surface area contributed by atoms with E-state index in [9.17, 15) is 19.2 Å². The third-order valence-electron chi connectivity index (χ3n) is 7.29.